The van der Waals surface area contributed by atoms with Crippen LogP contribution in [0.4, 0.5) is 5.82 Å². The van der Waals surface area contributed by atoms with Crippen LogP contribution in [-0.4, -0.2) is 34.5 Å². The largest absolute Gasteiger partial charge is 0.356 e. The first-order valence-electron chi connectivity index (χ1n) is 7.00. The molecule has 1 aromatic heterocycles. The number of nitrogens with zero attached hydrogens (tertiary/aromatic N) is 3. The smallest absolute Gasteiger partial charge is 0.259 e. The van der Waals surface area contributed by atoms with E-state index < -0.39 is 5.54 Å². The Morgan fingerprint density at radius 1 is 1.38 bits per heavy atom. The average Bonchev–Trinajstić information content (AvgIpc) is 2.47. The number of amides is 1. The van der Waals surface area contributed by atoms with Crippen LogP contribution in [0.25, 0.3) is 0 Å². The zero-order valence-electron chi connectivity index (χ0n) is 12.3. The predicted molar refractivity (Wildman–Crippen MR) is 83.5 cm³/mol. The van der Waals surface area contributed by atoms with Crippen LogP contribution in [0.15, 0.2) is 6.33 Å². The molecule has 0 spiro atoms. The summed E-state index contributed by atoms with van der Waals surface area (Å²) < 4.78 is 0. The van der Waals surface area contributed by atoms with E-state index in [4.69, 9.17) is 18.0 Å². The topological polar surface area (TPSA) is 58.1 Å². The van der Waals surface area contributed by atoms with Crippen LogP contribution in [0.2, 0.25) is 5.15 Å². The summed E-state index contributed by atoms with van der Waals surface area (Å²) in [6.45, 7) is 5.24. The Bertz CT molecular complexity index is 574. The van der Waals surface area contributed by atoms with Crippen molar-refractivity contribution in [2.45, 2.75) is 38.6 Å². The molecular weight excluding hydrogens is 288 g/mol. The van der Waals surface area contributed by atoms with Gasteiger partial charge in [0.05, 0.1) is 5.54 Å². The highest BCUT2D eigenvalue weighted by atomic mass is 35.5. The number of hydrogen-bond acceptors (Lipinski definition) is 4. The minimum absolute atomic E-state index is 0.149. The van der Waals surface area contributed by atoms with Crippen LogP contribution in [0.5, 0.6) is 0 Å². The molecular formula is C15H19ClN4O. The standard InChI is InChI=1S/C15H19ClN4O/c1-4-15(2,3)19-14(21)11-12(16)17-10-18-13(11)20-8-6-5-7-9-20/h1,10H,5-9H2,2-3H3,(H,19,21). The van der Waals surface area contributed by atoms with Gasteiger partial charge in [0.15, 0.2) is 0 Å². The number of rotatable bonds is 3. The fraction of sp³-hybridized carbons (Fsp3) is 0.533. The first kappa shape index (κ1) is 15.6. The molecule has 0 aliphatic carbocycles. The molecule has 1 amide bonds. The van der Waals surface area contributed by atoms with E-state index in [1.807, 2.05) is 0 Å². The molecule has 5 nitrogen and oxygen atoms in total. The van der Waals surface area contributed by atoms with E-state index in [0.29, 0.717) is 11.4 Å². The summed E-state index contributed by atoms with van der Waals surface area (Å²) in [6, 6.07) is 0. The van der Waals surface area contributed by atoms with Gasteiger partial charge in [-0.1, -0.05) is 17.5 Å². The fourth-order valence-corrected chi connectivity index (χ4v) is 2.49. The second-order valence-electron chi connectivity index (χ2n) is 5.63. The lowest BCUT2D eigenvalue weighted by atomic mass is 10.1. The van der Waals surface area contributed by atoms with Gasteiger partial charge in [0.25, 0.3) is 5.91 Å². The summed E-state index contributed by atoms with van der Waals surface area (Å²) in [5, 5.41) is 2.93. The van der Waals surface area contributed by atoms with E-state index in [0.717, 1.165) is 25.9 Å². The molecule has 1 aliphatic rings. The molecule has 6 heteroatoms. The molecule has 0 atom stereocenters. The van der Waals surface area contributed by atoms with Crippen LogP contribution in [0.1, 0.15) is 43.5 Å². The van der Waals surface area contributed by atoms with Gasteiger partial charge >= 0.3 is 0 Å². The van der Waals surface area contributed by atoms with Crippen molar-refractivity contribution >= 4 is 23.3 Å². The summed E-state index contributed by atoms with van der Waals surface area (Å²) in [5.41, 5.74) is -0.459. The van der Waals surface area contributed by atoms with E-state index >= 15 is 0 Å². The third kappa shape index (κ3) is 3.64. The third-order valence-corrected chi connectivity index (χ3v) is 3.74. The maximum atomic E-state index is 12.5. The summed E-state index contributed by atoms with van der Waals surface area (Å²) in [7, 11) is 0. The Kier molecular flexibility index (Phi) is 4.69. The Balaban J connectivity index is 2.33. The lowest BCUT2D eigenvalue weighted by molar-refractivity contribution is 0.0929. The normalized spacial score (nSPS) is 15.4. The number of halogens is 1. The van der Waals surface area contributed by atoms with Crippen molar-refractivity contribution in [3.8, 4) is 12.3 Å². The number of terminal acetylenes is 1. The van der Waals surface area contributed by atoms with Crippen LogP contribution in [-0.2, 0) is 0 Å². The van der Waals surface area contributed by atoms with Crippen molar-refractivity contribution in [3.63, 3.8) is 0 Å². The van der Waals surface area contributed by atoms with E-state index in [9.17, 15) is 4.79 Å². The highest BCUT2D eigenvalue weighted by molar-refractivity contribution is 6.33. The Morgan fingerprint density at radius 3 is 2.67 bits per heavy atom. The van der Waals surface area contributed by atoms with Gasteiger partial charge in [-0.3, -0.25) is 4.79 Å². The molecule has 0 aromatic carbocycles. The van der Waals surface area contributed by atoms with E-state index in [1.54, 1.807) is 13.8 Å². The molecule has 0 bridgehead atoms. The molecule has 1 fully saturated rings. The summed E-state index contributed by atoms with van der Waals surface area (Å²) in [6.07, 6.45) is 10.2. The van der Waals surface area contributed by atoms with Crippen molar-refractivity contribution < 1.29 is 4.79 Å². The summed E-state index contributed by atoms with van der Waals surface area (Å²) >= 11 is 6.13. The minimum Gasteiger partial charge on any atom is -0.356 e. The van der Waals surface area contributed by atoms with Crippen LogP contribution >= 0.6 is 11.6 Å². The number of aromatic nitrogens is 2. The SMILES string of the molecule is C#CC(C)(C)NC(=O)c1c(Cl)ncnc1N1CCCCC1. The highest BCUT2D eigenvalue weighted by Gasteiger charge is 2.26. The zero-order chi connectivity index (χ0) is 15.5. The fourth-order valence-electron chi connectivity index (χ4n) is 2.28. The molecule has 0 radical (unpaired) electrons. The third-order valence-electron chi connectivity index (χ3n) is 3.45. The molecule has 0 saturated carbocycles. The van der Waals surface area contributed by atoms with Crippen LogP contribution < -0.4 is 10.2 Å². The average molecular weight is 307 g/mol. The Labute approximate surface area is 130 Å². The number of carbonyl (C=O) groups is 1. The molecule has 0 unspecified atom stereocenters. The van der Waals surface area contributed by atoms with Gasteiger partial charge in [0.2, 0.25) is 0 Å². The number of piperidine rings is 1. The van der Waals surface area contributed by atoms with Gasteiger partial charge in [0, 0.05) is 13.1 Å². The molecule has 1 saturated heterocycles. The van der Waals surface area contributed by atoms with Crippen molar-refractivity contribution in [2.24, 2.45) is 0 Å². The Morgan fingerprint density at radius 2 is 2.05 bits per heavy atom. The van der Waals surface area contributed by atoms with E-state index in [2.05, 4.69) is 26.1 Å². The van der Waals surface area contributed by atoms with Crippen molar-refractivity contribution in [1.82, 2.24) is 15.3 Å². The van der Waals surface area contributed by atoms with Gasteiger partial charge < -0.3 is 10.2 Å². The van der Waals surface area contributed by atoms with E-state index in [1.165, 1.54) is 12.7 Å². The molecule has 21 heavy (non-hydrogen) atoms. The maximum Gasteiger partial charge on any atom is 0.259 e. The summed E-state index contributed by atoms with van der Waals surface area (Å²) in [5.74, 6) is 2.77. The predicted octanol–water partition coefficient (Wildman–Crippen LogP) is 2.26. The molecule has 1 N–H and O–H groups in total. The molecule has 2 rings (SSSR count). The first-order chi connectivity index (χ1) is 9.94. The lowest BCUT2D eigenvalue weighted by Gasteiger charge is -2.29. The van der Waals surface area contributed by atoms with E-state index in [-0.39, 0.29) is 11.1 Å². The number of nitrogens with one attached hydrogen (secondary N) is 1. The van der Waals surface area contributed by atoms with Gasteiger partial charge in [-0.2, -0.15) is 0 Å². The molecule has 1 aliphatic heterocycles. The van der Waals surface area contributed by atoms with Crippen molar-refractivity contribution in [1.29, 1.82) is 0 Å². The van der Waals surface area contributed by atoms with Gasteiger partial charge in [-0.15, -0.1) is 6.42 Å². The van der Waals surface area contributed by atoms with Gasteiger partial charge in [0.1, 0.15) is 22.9 Å². The quantitative estimate of drug-likeness (QED) is 0.687. The first-order valence-corrected chi connectivity index (χ1v) is 7.38. The lowest BCUT2D eigenvalue weighted by Crippen LogP contribution is -2.43. The minimum atomic E-state index is -0.755. The van der Waals surface area contributed by atoms with Crippen molar-refractivity contribution in [2.75, 3.05) is 18.0 Å². The van der Waals surface area contributed by atoms with Crippen molar-refractivity contribution in [3.05, 3.63) is 17.0 Å². The highest BCUT2D eigenvalue weighted by Crippen LogP contribution is 2.26. The number of anilines is 1. The number of hydrogen-bond donors (Lipinski definition) is 1. The second-order valence-corrected chi connectivity index (χ2v) is 5.99. The van der Waals surface area contributed by atoms with Gasteiger partial charge in [-0.05, 0) is 33.1 Å². The number of carbonyl (C=O) groups excluding carboxylic acids is 1. The molecule has 1 aromatic rings. The van der Waals surface area contributed by atoms with Crippen LogP contribution in [0, 0.1) is 12.3 Å². The monoisotopic (exact) mass is 306 g/mol. The molecule has 2 heterocycles. The molecule has 112 valence electrons. The van der Waals surface area contributed by atoms with Crippen LogP contribution in [0.3, 0.4) is 0 Å². The Hall–Kier alpha value is -1.80. The maximum absolute atomic E-state index is 12.5. The second kappa shape index (κ2) is 6.31. The van der Waals surface area contributed by atoms with Gasteiger partial charge in [-0.25, -0.2) is 9.97 Å². The summed E-state index contributed by atoms with van der Waals surface area (Å²) in [4.78, 5) is 22.8. The zero-order valence-corrected chi connectivity index (χ0v) is 13.1.